The van der Waals surface area contributed by atoms with Gasteiger partial charge in [-0.3, -0.25) is 13.9 Å². The summed E-state index contributed by atoms with van der Waals surface area (Å²) >= 11 is 0. The second kappa shape index (κ2) is 9.23. The van der Waals surface area contributed by atoms with E-state index in [1.165, 1.54) is 6.07 Å². The van der Waals surface area contributed by atoms with Gasteiger partial charge in [-0.15, -0.1) is 0 Å². The van der Waals surface area contributed by atoms with Gasteiger partial charge in [0.2, 0.25) is 5.91 Å². The number of carboxylic acids is 1. The van der Waals surface area contributed by atoms with E-state index in [9.17, 15) is 14.4 Å². The van der Waals surface area contributed by atoms with Crippen LogP contribution in [0.3, 0.4) is 0 Å². The van der Waals surface area contributed by atoms with Crippen LogP contribution in [0.15, 0.2) is 53.3 Å². The molecule has 7 nitrogen and oxygen atoms in total. The zero-order valence-corrected chi connectivity index (χ0v) is 16.4. The molecule has 29 heavy (non-hydrogen) atoms. The number of aryl methyl sites for hydroxylation is 2. The van der Waals surface area contributed by atoms with Gasteiger partial charge in [0.25, 0.3) is 0 Å². The number of benzene rings is 2. The molecule has 0 saturated heterocycles. The van der Waals surface area contributed by atoms with Gasteiger partial charge >= 0.3 is 11.7 Å². The summed E-state index contributed by atoms with van der Waals surface area (Å²) in [5.74, 6) is -1.11. The van der Waals surface area contributed by atoms with Crippen molar-refractivity contribution < 1.29 is 14.7 Å². The first-order chi connectivity index (χ1) is 14.0. The van der Waals surface area contributed by atoms with Gasteiger partial charge in [-0.1, -0.05) is 31.2 Å². The highest BCUT2D eigenvalue weighted by atomic mass is 16.4. The minimum atomic E-state index is -0.969. The molecule has 1 amide bonds. The Morgan fingerprint density at radius 1 is 1.00 bits per heavy atom. The number of imidazole rings is 1. The van der Waals surface area contributed by atoms with E-state index in [1.54, 1.807) is 21.3 Å². The number of nitrogens with zero attached hydrogens (tertiary/aromatic N) is 2. The van der Waals surface area contributed by atoms with E-state index in [1.807, 2.05) is 37.3 Å². The monoisotopic (exact) mass is 395 g/mol. The SMILES string of the molecule is CCCn1c(=O)n(CCC(=O)NCCc2cccc(C(=O)O)c2)c2ccccc21. The summed E-state index contributed by atoms with van der Waals surface area (Å²) in [6.45, 7) is 3.40. The van der Waals surface area contributed by atoms with Crippen LogP contribution in [0.1, 0.15) is 35.7 Å². The van der Waals surface area contributed by atoms with E-state index in [0.717, 1.165) is 23.0 Å². The van der Waals surface area contributed by atoms with Crippen molar-refractivity contribution in [2.45, 2.75) is 39.3 Å². The van der Waals surface area contributed by atoms with E-state index >= 15 is 0 Å². The third-order valence-electron chi connectivity index (χ3n) is 4.84. The molecule has 0 radical (unpaired) electrons. The summed E-state index contributed by atoms with van der Waals surface area (Å²) in [4.78, 5) is 36.0. The van der Waals surface area contributed by atoms with Crippen molar-refractivity contribution in [3.05, 3.63) is 70.1 Å². The smallest absolute Gasteiger partial charge is 0.335 e. The number of para-hydroxylation sites is 2. The van der Waals surface area contributed by atoms with Crippen LogP contribution in [0.5, 0.6) is 0 Å². The average molecular weight is 395 g/mol. The first-order valence-corrected chi connectivity index (χ1v) is 9.78. The molecule has 3 rings (SSSR count). The molecule has 7 heteroatoms. The highest BCUT2D eigenvalue weighted by molar-refractivity contribution is 5.87. The Labute approximate surface area is 168 Å². The number of fused-ring (bicyclic) bond motifs is 1. The Bertz CT molecular complexity index is 1080. The molecular weight excluding hydrogens is 370 g/mol. The lowest BCUT2D eigenvalue weighted by atomic mass is 10.1. The zero-order chi connectivity index (χ0) is 20.8. The molecule has 0 atom stereocenters. The van der Waals surface area contributed by atoms with Crippen molar-refractivity contribution >= 4 is 22.9 Å². The molecular formula is C22H25N3O4. The second-order valence-electron chi connectivity index (χ2n) is 6.93. The minimum Gasteiger partial charge on any atom is -0.478 e. The number of hydrogen-bond donors (Lipinski definition) is 2. The Kier molecular flexibility index (Phi) is 6.49. The van der Waals surface area contributed by atoms with Crippen LogP contribution >= 0.6 is 0 Å². The molecule has 0 aliphatic rings. The first kappa shape index (κ1) is 20.4. The largest absolute Gasteiger partial charge is 0.478 e. The van der Waals surface area contributed by atoms with Crippen molar-refractivity contribution in [2.75, 3.05) is 6.54 Å². The third kappa shape index (κ3) is 4.74. The fraction of sp³-hybridized carbons (Fsp3) is 0.318. The Balaban J connectivity index is 1.59. The third-order valence-corrected chi connectivity index (χ3v) is 4.84. The fourth-order valence-corrected chi connectivity index (χ4v) is 3.44. The summed E-state index contributed by atoms with van der Waals surface area (Å²) in [5, 5.41) is 11.9. The van der Waals surface area contributed by atoms with Gasteiger partial charge in [0.05, 0.1) is 16.6 Å². The van der Waals surface area contributed by atoms with Crippen LogP contribution in [0.25, 0.3) is 11.0 Å². The predicted octanol–water partition coefficient (Wildman–Crippen LogP) is 2.66. The fourth-order valence-electron chi connectivity index (χ4n) is 3.44. The van der Waals surface area contributed by atoms with E-state index < -0.39 is 5.97 Å². The number of nitrogens with one attached hydrogen (secondary N) is 1. The van der Waals surface area contributed by atoms with Gasteiger partial charge in [-0.25, -0.2) is 9.59 Å². The molecule has 0 fully saturated rings. The van der Waals surface area contributed by atoms with Crippen LogP contribution in [-0.2, 0) is 24.3 Å². The molecule has 2 aromatic carbocycles. The van der Waals surface area contributed by atoms with Crippen molar-refractivity contribution in [1.29, 1.82) is 0 Å². The molecule has 1 heterocycles. The van der Waals surface area contributed by atoms with E-state index in [4.69, 9.17) is 5.11 Å². The normalized spacial score (nSPS) is 10.9. The predicted molar refractivity (Wildman–Crippen MR) is 111 cm³/mol. The van der Waals surface area contributed by atoms with Crippen LogP contribution in [0, 0.1) is 0 Å². The van der Waals surface area contributed by atoms with E-state index in [2.05, 4.69) is 5.32 Å². The summed E-state index contributed by atoms with van der Waals surface area (Å²) in [6, 6.07) is 14.3. The highest BCUT2D eigenvalue weighted by Crippen LogP contribution is 2.13. The lowest BCUT2D eigenvalue weighted by molar-refractivity contribution is -0.121. The topological polar surface area (TPSA) is 93.3 Å². The molecule has 0 aliphatic heterocycles. The van der Waals surface area contributed by atoms with Crippen LogP contribution in [0.2, 0.25) is 0 Å². The van der Waals surface area contributed by atoms with Crippen LogP contribution in [-0.4, -0.2) is 32.7 Å². The van der Waals surface area contributed by atoms with Gasteiger partial charge in [0.15, 0.2) is 0 Å². The van der Waals surface area contributed by atoms with Gasteiger partial charge in [-0.2, -0.15) is 0 Å². The number of hydrogen-bond acceptors (Lipinski definition) is 3. The van der Waals surface area contributed by atoms with Crippen molar-refractivity contribution in [3.8, 4) is 0 Å². The summed E-state index contributed by atoms with van der Waals surface area (Å²) in [6.07, 6.45) is 1.61. The average Bonchev–Trinajstić information content (AvgIpc) is 2.98. The van der Waals surface area contributed by atoms with E-state index in [0.29, 0.717) is 26.1 Å². The summed E-state index contributed by atoms with van der Waals surface area (Å²) in [5.41, 5.74) is 2.72. The summed E-state index contributed by atoms with van der Waals surface area (Å²) in [7, 11) is 0. The Hall–Kier alpha value is -3.35. The lowest BCUT2D eigenvalue weighted by Crippen LogP contribution is -2.29. The quantitative estimate of drug-likeness (QED) is 0.582. The van der Waals surface area contributed by atoms with Gasteiger partial charge in [0, 0.05) is 26.1 Å². The maximum Gasteiger partial charge on any atom is 0.335 e. The maximum absolute atomic E-state index is 12.7. The second-order valence-corrected chi connectivity index (χ2v) is 6.93. The van der Waals surface area contributed by atoms with Crippen LogP contribution in [0.4, 0.5) is 0 Å². The lowest BCUT2D eigenvalue weighted by Gasteiger charge is -2.07. The molecule has 0 unspecified atom stereocenters. The molecule has 0 spiro atoms. The molecule has 152 valence electrons. The number of rotatable bonds is 9. The zero-order valence-electron chi connectivity index (χ0n) is 16.4. The van der Waals surface area contributed by atoms with Crippen LogP contribution < -0.4 is 11.0 Å². The number of carbonyl (C=O) groups excluding carboxylic acids is 1. The molecule has 3 aromatic rings. The first-order valence-electron chi connectivity index (χ1n) is 9.78. The molecule has 0 aliphatic carbocycles. The Morgan fingerprint density at radius 3 is 2.34 bits per heavy atom. The van der Waals surface area contributed by atoms with Gasteiger partial charge in [-0.05, 0) is 42.7 Å². The standard InChI is InChI=1S/C22H25N3O4/c1-2-13-24-18-8-3-4-9-19(18)25(22(24)29)14-11-20(26)23-12-10-16-6-5-7-17(15-16)21(27)28/h3-9,15H,2,10-14H2,1H3,(H,23,26)(H,27,28). The number of carbonyl (C=O) groups is 2. The van der Waals surface area contributed by atoms with Crippen molar-refractivity contribution in [1.82, 2.24) is 14.5 Å². The Morgan fingerprint density at radius 2 is 1.69 bits per heavy atom. The number of aromatic carboxylic acids is 1. The minimum absolute atomic E-state index is 0.0914. The number of amides is 1. The maximum atomic E-state index is 12.7. The van der Waals surface area contributed by atoms with Gasteiger partial charge in [0.1, 0.15) is 0 Å². The summed E-state index contributed by atoms with van der Waals surface area (Å²) < 4.78 is 3.41. The highest BCUT2D eigenvalue weighted by Gasteiger charge is 2.13. The number of carboxylic acid groups (broad SMARTS) is 1. The molecule has 0 saturated carbocycles. The van der Waals surface area contributed by atoms with Gasteiger partial charge < -0.3 is 10.4 Å². The molecule has 1 aromatic heterocycles. The van der Waals surface area contributed by atoms with E-state index in [-0.39, 0.29) is 23.6 Å². The number of aromatic nitrogens is 2. The van der Waals surface area contributed by atoms with Crippen molar-refractivity contribution in [2.24, 2.45) is 0 Å². The molecule has 0 bridgehead atoms. The van der Waals surface area contributed by atoms with Crippen molar-refractivity contribution in [3.63, 3.8) is 0 Å². The molecule has 2 N–H and O–H groups in total.